The van der Waals surface area contributed by atoms with E-state index in [-0.39, 0.29) is 0 Å². The average Bonchev–Trinajstić information content (AvgIpc) is 2.46. The third-order valence-corrected chi connectivity index (χ3v) is 2.93. The van der Waals surface area contributed by atoms with E-state index >= 15 is 0 Å². The van der Waals surface area contributed by atoms with Crippen LogP contribution in [0.5, 0.6) is 5.75 Å². The molecule has 3 heteroatoms. The lowest BCUT2D eigenvalue weighted by Gasteiger charge is -2.09. The van der Waals surface area contributed by atoms with Crippen LogP contribution in [-0.4, -0.2) is 26.4 Å². The molecule has 0 unspecified atom stereocenters. The Morgan fingerprint density at radius 3 is 2.53 bits per heavy atom. The van der Waals surface area contributed by atoms with Gasteiger partial charge in [0.05, 0.1) is 6.61 Å². The van der Waals surface area contributed by atoms with Gasteiger partial charge in [-0.1, -0.05) is 36.4 Å². The minimum Gasteiger partial charge on any atom is -0.493 e. The molecule has 0 amide bonds. The fourth-order valence-electron chi connectivity index (χ4n) is 1.95. The molecular formula is C16H21NO2. The summed E-state index contributed by atoms with van der Waals surface area (Å²) >= 11 is 0. The van der Waals surface area contributed by atoms with Gasteiger partial charge in [-0.2, -0.15) is 0 Å². The lowest BCUT2D eigenvalue weighted by Crippen LogP contribution is -2.07. The maximum atomic E-state index is 5.82. The maximum Gasteiger partial charge on any atom is 0.127 e. The van der Waals surface area contributed by atoms with Gasteiger partial charge in [0.15, 0.2) is 0 Å². The van der Waals surface area contributed by atoms with Gasteiger partial charge in [-0.15, -0.1) is 0 Å². The lowest BCUT2D eigenvalue weighted by molar-refractivity contribution is 0.119. The number of fused-ring (bicyclic) bond motifs is 1. The molecule has 0 bridgehead atoms. The zero-order valence-corrected chi connectivity index (χ0v) is 11.2. The minimum atomic E-state index is 0.677. The van der Waals surface area contributed by atoms with Crippen LogP contribution in [0.2, 0.25) is 0 Å². The topological polar surface area (TPSA) is 44.5 Å². The third kappa shape index (κ3) is 4.23. The quantitative estimate of drug-likeness (QED) is 0.741. The van der Waals surface area contributed by atoms with Gasteiger partial charge >= 0.3 is 0 Å². The van der Waals surface area contributed by atoms with E-state index in [1.807, 2.05) is 24.3 Å². The van der Waals surface area contributed by atoms with Crippen molar-refractivity contribution in [1.82, 2.24) is 0 Å². The number of hydrogen-bond acceptors (Lipinski definition) is 3. The number of nitrogens with two attached hydrogens (primary N) is 1. The van der Waals surface area contributed by atoms with Crippen LogP contribution in [0, 0.1) is 0 Å². The highest BCUT2D eigenvalue weighted by atomic mass is 16.5. The summed E-state index contributed by atoms with van der Waals surface area (Å²) in [4.78, 5) is 0. The summed E-state index contributed by atoms with van der Waals surface area (Å²) < 4.78 is 11.3. The largest absolute Gasteiger partial charge is 0.493 e. The zero-order valence-electron chi connectivity index (χ0n) is 11.2. The predicted octanol–water partition coefficient (Wildman–Crippen LogP) is 2.97. The summed E-state index contributed by atoms with van der Waals surface area (Å²) in [5.74, 6) is 0.944. The van der Waals surface area contributed by atoms with Gasteiger partial charge in [0.1, 0.15) is 5.75 Å². The molecule has 0 aliphatic rings. The summed E-state index contributed by atoms with van der Waals surface area (Å²) in [6.07, 6.45) is 1.82. The molecule has 0 saturated carbocycles. The van der Waals surface area contributed by atoms with Crippen molar-refractivity contribution in [1.29, 1.82) is 0 Å². The van der Waals surface area contributed by atoms with Crippen LogP contribution in [0.1, 0.15) is 12.8 Å². The summed E-state index contributed by atoms with van der Waals surface area (Å²) in [5.41, 5.74) is 5.39. The summed E-state index contributed by atoms with van der Waals surface area (Å²) in [6, 6.07) is 14.4. The molecule has 0 heterocycles. The number of ether oxygens (including phenoxy) is 2. The highest BCUT2D eigenvalue weighted by Gasteiger charge is 2.00. The Hall–Kier alpha value is -1.58. The van der Waals surface area contributed by atoms with E-state index in [0.717, 1.165) is 37.2 Å². The fourth-order valence-corrected chi connectivity index (χ4v) is 1.95. The first kappa shape index (κ1) is 13.8. The van der Waals surface area contributed by atoms with Crippen LogP contribution in [0.3, 0.4) is 0 Å². The Morgan fingerprint density at radius 2 is 1.63 bits per heavy atom. The van der Waals surface area contributed by atoms with Crippen LogP contribution in [-0.2, 0) is 4.74 Å². The molecule has 0 aliphatic heterocycles. The van der Waals surface area contributed by atoms with Crippen molar-refractivity contribution in [2.24, 2.45) is 5.73 Å². The molecule has 0 aliphatic carbocycles. The lowest BCUT2D eigenvalue weighted by atomic mass is 10.1. The highest BCUT2D eigenvalue weighted by Crippen LogP contribution is 2.25. The smallest absolute Gasteiger partial charge is 0.127 e. The Balaban J connectivity index is 1.78. The van der Waals surface area contributed by atoms with Gasteiger partial charge in [-0.25, -0.2) is 0 Å². The fraction of sp³-hybridized carbons (Fsp3) is 0.375. The SMILES string of the molecule is NCCCOCCCOc1cccc2ccccc12. The van der Waals surface area contributed by atoms with Crippen LogP contribution in [0.15, 0.2) is 42.5 Å². The van der Waals surface area contributed by atoms with Gasteiger partial charge in [-0.3, -0.25) is 0 Å². The van der Waals surface area contributed by atoms with Crippen molar-refractivity contribution < 1.29 is 9.47 Å². The molecule has 0 spiro atoms. The zero-order chi connectivity index (χ0) is 13.3. The number of benzene rings is 2. The Bertz CT molecular complexity index is 494. The van der Waals surface area contributed by atoms with Crippen molar-refractivity contribution in [2.45, 2.75) is 12.8 Å². The molecule has 3 nitrogen and oxygen atoms in total. The molecule has 2 aromatic carbocycles. The molecule has 0 atom stereocenters. The molecule has 2 rings (SSSR count). The summed E-state index contributed by atoms with van der Waals surface area (Å²) in [6.45, 7) is 2.83. The Labute approximate surface area is 114 Å². The molecule has 0 aromatic heterocycles. The van der Waals surface area contributed by atoms with Gasteiger partial charge < -0.3 is 15.2 Å². The van der Waals surface area contributed by atoms with Gasteiger partial charge in [0.2, 0.25) is 0 Å². The van der Waals surface area contributed by atoms with Crippen LogP contribution >= 0.6 is 0 Å². The molecule has 0 fully saturated rings. The van der Waals surface area contributed by atoms with E-state index in [1.165, 1.54) is 5.39 Å². The molecule has 0 radical (unpaired) electrons. The normalized spacial score (nSPS) is 10.8. The first-order valence-electron chi connectivity index (χ1n) is 6.80. The van der Waals surface area contributed by atoms with Gasteiger partial charge in [0, 0.05) is 25.0 Å². The highest BCUT2D eigenvalue weighted by molar-refractivity contribution is 5.88. The first-order valence-corrected chi connectivity index (χ1v) is 6.80. The number of rotatable bonds is 8. The van der Waals surface area contributed by atoms with Crippen LogP contribution in [0.25, 0.3) is 10.8 Å². The monoisotopic (exact) mass is 259 g/mol. The van der Waals surface area contributed by atoms with Crippen molar-refractivity contribution in [3.63, 3.8) is 0 Å². The average molecular weight is 259 g/mol. The Morgan fingerprint density at radius 1 is 0.842 bits per heavy atom. The van der Waals surface area contributed by atoms with Crippen molar-refractivity contribution in [2.75, 3.05) is 26.4 Å². The van der Waals surface area contributed by atoms with Crippen LogP contribution < -0.4 is 10.5 Å². The van der Waals surface area contributed by atoms with Crippen molar-refractivity contribution >= 4 is 10.8 Å². The molecule has 19 heavy (non-hydrogen) atoms. The standard InChI is InChI=1S/C16H21NO2/c17-10-4-11-18-12-5-13-19-16-9-3-7-14-6-1-2-8-15(14)16/h1-3,6-9H,4-5,10-13,17H2. The van der Waals surface area contributed by atoms with Crippen molar-refractivity contribution in [3.05, 3.63) is 42.5 Å². The molecule has 2 N–H and O–H groups in total. The molecular weight excluding hydrogens is 238 g/mol. The molecule has 0 saturated heterocycles. The summed E-state index contributed by atoms with van der Waals surface area (Å²) in [7, 11) is 0. The summed E-state index contributed by atoms with van der Waals surface area (Å²) in [5, 5.41) is 2.37. The van der Waals surface area contributed by atoms with Gasteiger partial charge in [0.25, 0.3) is 0 Å². The maximum absolute atomic E-state index is 5.82. The predicted molar refractivity (Wildman–Crippen MR) is 78.6 cm³/mol. The second-order valence-electron chi connectivity index (χ2n) is 4.43. The second-order valence-corrected chi connectivity index (χ2v) is 4.43. The molecule has 102 valence electrons. The van der Waals surface area contributed by atoms with E-state index in [9.17, 15) is 0 Å². The van der Waals surface area contributed by atoms with Crippen molar-refractivity contribution in [3.8, 4) is 5.75 Å². The second kappa shape index (κ2) is 7.77. The minimum absolute atomic E-state index is 0.677. The van der Waals surface area contributed by atoms with E-state index in [4.69, 9.17) is 15.2 Å². The Kier molecular flexibility index (Phi) is 5.66. The third-order valence-electron chi connectivity index (χ3n) is 2.93. The van der Waals surface area contributed by atoms with E-state index in [1.54, 1.807) is 0 Å². The molecule has 2 aromatic rings. The van der Waals surface area contributed by atoms with E-state index in [2.05, 4.69) is 18.2 Å². The first-order chi connectivity index (χ1) is 9.42. The van der Waals surface area contributed by atoms with E-state index in [0.29, 0.717) is 13.2 Å². The van der Waals surface area contributed by atoms with Gasteiger partial charge in [-0.05, 0) is 24.4 Å². The van der Waals surface area contributed by atoms with Crippen LogP contribution in [0.4, 0.5) is 0 Å². The number of hydrogen-bond donors (Lipinski definition) is 1. The van der Waals surface area contributed by atoms with E-state index < -0.39 is 0 Å².